The highest BCUT2D eigenvalue weighted by molar-refractivity contribution is 5.92. The van der Waals surface area contributed by atoms with Crippen molar-refractivity contribution in [3.63, 3.8) is 0 Å². The monoisotopic (exact) mass is 363 g/mol. The summed E-state index contributed by atoms with van der Waals surface area (Å²) >= 11 is 0. The summed E-state index contributed by atoms with van der Waals surface area (Å²) in [6, 6.07) is 12.7. The summed E-state index contributed by atoms with van der Waals surface area (Å²) in [4.78, 5) is 25.9. The van der Waals surface area contributed by atoms with Gasteiger partial charge in [-0.05, 0) is 11.6 Å². The second-order valence-corrected chi connectivity index (χ2v) is 7.06. The Morgan fingerprint density at radius 3 is 2.85 bits per heavy atom. The molecule has 2 fully saturated rings. The number of ether oxygens (including phenoxy) is 1. The number of aromatic nitrogens is 3. The van der Waals surface area contributed by atoms with Crippen LogP contribution in [0.2, 0.25) is 0 Å². The number of nitrogens with zero attached hydrogens (tertiary/aromatic N) is 5. The van der Waals surface area contributed by atoms with Gasteiger partial charge in [-0.2, -0.15) is 0 Å². The first-order valence-corrected chi connectivity index (χ1v) is 9.27. The van der Waals surface area contributed by atoms with Gasteiger partial charge in [0.25, 0.3) is 5.91 Å². The van der Waals surface area contributed by atoms with Crippen LogP contribution in [0.25, 0.3) is 5.78 Å². The second kappa shape index (κ2) is 6.75. The maximum Gasteiger partial charge on any atom is 0.274 e. The molecule has 0 unspecified atom stereocenters. The summed E-state index contributed by atoms with van der Waals surface area (Å²) < 4.78 is 7.65. The molecule has 0 N–H and O–H groups in total. The van der Waals surface area contributed by atoms with Crippen LogP contribution in [0.5, 0.6) is 0 Å². The van der Waals surface area contributed by atoms with E-state index in [4.69, 9.17) is 4.74 Å². The van der Waals surface area contributed by atoms with E-state index < -0.39 is 0 Å². The van der Waals surface area contributed by atoms with E-state index in [1.807, 2.05) is 23.2 Å². The molecule has 2 aliphatic rings. The molecule has 4 heterocycles. The summed E-state index contributed by atoms with van der Waals surface area (Å²) in [5, 5.41) is 0. The summed E-state index contributed by atoms with van der Waals surface area (Å²) in [5.74, 6) is 0.506. The molecule has 7 nitrogen and oxygen atoms in total. The standard InChI is InChI=1S/C20H21N5O2/c26-19(17-12-24-8-4-7-21-20(24)22-17)23-9-10-25-16(11-23)13-27-14-18(25)15-5-2-1-3-6-15/h1-8,12,16,18H,9-11,13-14H2/t16-,18-/m1/s1. The van der Waals surface area contributed by atoms with Crippen LogP contribution >= 0.6 is 0 Å². The van der Waals surface area contributed by atoms with Crippen molar-refractivity contribution in [1.29, 1.82) is 0 Å². The number of morpholine rings is 1. The molecule has 5 rings (SSSR count). The van der Waals surface area contributed by atoms with Crippen LogP contribution in [0.4, 0.5) is 0 Å². The highest BCUT2D eigenvalue weighted by atomic mass is 16.5. The van der Waals surface area contributed by atoms with Gasteiger partial charge in [-0.15, -0.1) is 0 Å². The zero-order chi connectivity index (χ0) is 18.2. The van der Waals surface area contributed by atoms with Gasteiger partial charge in [0.2, 0.25) is 5.78 Å². The average Bonchev–Trinajstić information content (AvgIpc) is 3.17. The Kier molecular flexibility index (Phi) is 4.10. The minimum atomic E-state index is -0.0398. The maximum atomic E-state index is 13.0. The zero-order valence-corrected chi connectivity index (χ0v) is 14.9. The lowest BCUT2D eigenvalue weighted by molar-refractivity contribution is -0.0770. The first kappa shape index (κ1) is 16.4. The largest absolute Gasteiger partial charge is 0.378 e. The van der Waals surface area contributed by atoms with Crippen LogP contribution in [-0.2, 0) is 4.74 Å². The molecule has 7 heteroatoms. The van der Waals surface area contributed by atoms with Gasteiger partial charge in [-0.3, -0.25) is 14.1 Å². The summed E-state index contributed by atoms with van der Waals surface area (Å²) in [7, 11) is 0. The predicted octanol–water partition coefficient (Wildman–Crippen LogP) is 1.63. The first-order valence-electron chi connectivity index (χ1n) is 9.27. The molecule has 0 bridgehead atoms. The van der Waals surface area contributed by atoms with Crippen LogP contribution in [0.15, 0.2) is 55.0 Å². The Balaban J connectivity index is 1.34. The van der Waals surface area contributed by atoms with Crippen LogP contribution in [-0.4, -0.2) is 69.0 Å². The van der Waals surface area contributed by atoms with Crippen LogP contribution in [0.1, 0.15) is 22.1 Å². The van der Waals surface area contributed by atoms with Crippen molar-refractivity contribution in [3.05, 3.63) is 66.2 Å². The number of imidazole rings is 1. The Hall–Kier alpha value is -2.77. The second-order valence-electron chi connectivity index (χ2n) is 7.06. The summed E-state index contributed by atoms with van der Waals surface area (Å²) in [5.41, 5.74) is 1.71. The molecular weight excluding hydrogens is 342 g/mol. The SMILES string of the molecule is O=C(c1cn2cccnc2n1)N1CCN2[C@@H](COC[C@@H]2c2ccccc2)C1. The molecule has 2 aliphatic heterocycles. The number of piperazine rings is 1. The lowest BCUT2D eigenvalue weighted by atomic mass is 10.00. The van der Waals surface area contributed by atoms with E-state index in [0.29, 0.717) is 37.8 Å². The van der Waals surface area contributed by atoms with Crippen molar-refractivity contribution < 1.29 is 9.53 Å². The van der Waals surface area contributed by atoms with E-state index in [9.17, 15) is 4.79 Å². The predicted molar refractivity (Wildman–Crippen MR) is 99.4 cm³/mol. The molecule has 0 radical (unpaired) electrons. The fraction of sp³-hybridized carbons (Fsp3) is 0.350. The average molecular weight is 363 g/mol. The Labute approximate surface area is 157 Å². The normalized spacial score (nSPS) is 23.3. The van der Waals surface area contributed by atoms with Gasteiger partial charge in [-0.1, -0.05) is 30.3 Å². The van der Waals surface area contributed by atoms with E-state index in [-0.39, 0.29) is 18.0 Å². The molecule has 2 saturated heterocycles. The van der Waals surface area contributed by atoms with Crippen molar-refractivity contribution in [3.8, 4) is 0 Å². The van der Waals surface area contributed by atoms with Crippen molar-refractivity contribution in [2.24, 2.45) is 0 Å². The molecule has 0 spiro atoms. The lowest BCUT2D eigenvalue weighted by Gasteiger charge is -2.48. The van der Waals surface area contributed by atoms with Crippen molar-refractivity contribution in [2.45, 2.75) is 12.1 Å². The van der Waals surface area contributed by atoms with Crippen molar-refractivity contribution >= 4 is 11.7 Å². The van der Waals surface area contributed by atoms with E-state index in [0.717, 1.165) is 6.54 Å². The third-order valence-electron chi connectivity index (χ3n) is 5.44. The van der Waals surface area contributed by atoms with Gasteiger partial charge in [0.05, 0.1) is 25.3 Å². The Morgan fingerprint density at radius 2 is 2.00 bits per heavy atom. The van der Waals surface area contributed by atoms with Gasteiger partial charge in [0, 0.05) is 38.2 Å². The van der Waals surface area contributed by atoms with Crippen molar-refractivity contribution in [1.82, 2.24) is 24.2 Å². The van der Waals surface area contributed by atoms with Crippen molar-refractivity contribution in [2.75, 3.05) is 32.8 Å². The summed E-state index contributed by atoms with van der Waals surface area (Å²) in [6.07, 6.45) is 5.28. The smallest absolute Gasteiger partial charge is 0.274 e. The van der Waals surface area contributed by atoms with E-state index in [1.165, 1.54) is 5.56 Å². The van der Waals surface area contributed by atoms with Gasteiger partial charge in [0.1, 0.15) is 5.69 Å². The van der Waals surface area contributed by atoms with Crippen LogP contribution < -0.4 is 0 Å². The molecule has 1 aromatic carbocycles. The minimum absolute atomic E-state index is 0.0398. The molecule has 0 aliphatic carbocycles. The first-order chi connectivity index (χ1) is 13.3. The minimum Gasteiger partial charge on any atom is -0.378 e. The molecule has 2 aromatic heterocycles. The molecule has 2 atom stereocenters. The number of amides is 1. The molecular formula is C20H21N5O2. The molecule has 0 saturated carbocycles. The fourth-order valence-corrected chi connectivity index (χ4v) is 4.08. The highest BCUT2D eigenvalue weighted by Crippen LogP contribution is 2.29. The fourth-order valence-electron chi connectivity index (χ4n) is 4.08. The number of carbonyl (C=O) groups excluding carboxylic acids is 1. The molecule has 3 aromatic rings. The van der Waals surface area contributed by atoms with Gasteiger partial charge in [0.15, 0.2) is 0 Å². The topological polar surface area (TPSA) is 63.0 Å². The Bertz CT molecular complexity index is 924. The maximum absolute atomic E-state index is 13.0. The van der Waals surface area contributed by atoms with Gasteiger partial charge in [-0.25, -0.2) is 9.97 Å². The number of hydrogen-bond donors (Lipinski definition) is 0. The van der Waals surface area contributed by atoms with Gasteiger partial charge < -0.3 is 9.64 Å². The van der Waals surface area contributed by atoms with E-state index in [1.54, 1.807) is 16.8 Å². The van der Waals surface area contributed by atoms with Gasteiger partial charge >= 0.3 is 0 Å². The number of benzene rings is 1. The zero-order valence-electron chi connectivity index (χ0n) is 14.9. The molecule has 1 amide bonds. The molecule has 27 heavy (non-hydrogen) atoms. The summed E-state index contributed by atoms with van der Waals surface area (Å²) in [6.45, 7) is 3.54. The highest BCUT2D eigenvalue weighted by Gasteiger charge is 2.38. The quantitative estimate of drug-likeness (QED) is 0.692. The third-order valence-corrected chi connectivity index (χ3v) is 5.44. The number of rotatable bonds is 2. The lowest BCUT2D eigenvalue weighted by Crippen LogP contribution is -2.60. The number of fused-ring (bicyclic) bond motifs is 2. The van der Waals surface area contributed by atoms with Crippen LogP contribution in [0, 0.1) is 0 Å². The molecule has 138 valence electrons. The Morgan fingerprint density at radius 1 is 1.11 bits per heavy atom. The van der Waals surface area contributed by atoms with Crippen LogP contribution in [0.3, 0.4) is 0 Å². The van der Waals surface area contributed by atoms with E-state index in [2.05, 4.69) is 39.1 Å². The number of carbonyl (C=O) groups is 1. The van der Waals surface area contributed by atoms with E-state index >= 15 is 0 Å². The number of hydrogen-bond acceptors (Lipinski definition) is 5. The third kappa shape index (κ3) is 2.98.